The molecule has 0 aliphatic rings. The lowest BCUT2D eigenvalue weighted by Crippen LogP contribution is -2.38. The summed E-state index contributed by atoms with van der Waals surface area (Å²) in [5.74, 6) is 0.0511. The van der Waals surface area contributed by atoms with Crippen LogP contribution in [0.15, 0.2) is 11.6 Å². The summed E-state index contributed by atoms with van der Waals surface area (Å²) in [6.45, 7) is 12.9. The third-order valence-electron chi connectivity index (χ3n) is 4.33. The van der Waals surface area contributed by atoms with E-state index in [4.69, 9.17) is 5.11 Å². The molecule has 2 unspecified atom stereocenters. The van der Waals surface area contributed by atoms with E-state index in [-0.39, 0.29) is 24.1 Å². The molecule has 1 rings (SSSR count). The summed E-state index contributed by atoms with van der Waals surface area (Å²) in [5.41, 5.74) is 3.14. The van der Waals surface area contributed by atoms with E-state index < -0.39 is 5.91 Å². The first-order valence-electron chi connectivity index (χ1n) is 8.41. The van der Waals surface area contributed by atoms with Gasteiger partial charge in [-0.3, -0.25) is 4.79 Å². The van der Waals surface area contributed by atoms with E-state index in [0.717, 1.165) is 23.5 Å². The van der Waals surface area contributed by atoms with Crippen LogP contribution < -0.4 is 5.32 Å². The summed E-state index contributed by atoms with van der Waals surface area (Å²) in [7, 11) is 0. The fraction of sp³-hybridized carbons (Fsp3) is 0.579. The molecule has 132 valence electrons. The number of aliphatic hydroxyl groups excluding tert-OH is 1. The maximum atomic E-state index is 12.3. The third-order valence-corrected chi connectivity index (χ3v) is 4.33. The van der Waals surface area contributed by atoms with E-state index in [0.29, 0.717) is 5.92 Å². The molecule has 2 atom stereocenters. The molecule has 0 spiro atoms. The summed E-state index contributed by atoms with van der Waals surface area (Å²) in [4.78, 5) is 12.3. The van der Waals surface area contributed by atoms with Crippen LogP contribution in [0.1, 0.15) is 44.6 Å². The molecule has 1 aromatic heterocycles. The molecule has 0 bridgehead atoms. The molecule has 1 heterocycles. The van der Waals surface area contributed by atoms with Crippen molar-refractivity contribution in [2.75, 3.05) is 6.61 Å². The summed E-state index contributed by atoms with van der Waals surface area (Å²) in [6.07, 6.45) is 1.64. The fourth-order valence-corrected chi connectivity index (χ4v) is 2.51. The Kier molecular flexibility index (Phi) is 7.24. The number of carbonyl (C=O) groups is 1. The molecule has 24 heavy (non-hydrogen) atoms. The van der Waals surface area contributed by atoms with Crippen LogP contribution in [0.5, 0.6) is 0 Å². The first-order valence-corrected chi connectivity index (χ1v) is 8.41. The van der Waals surface area contributed by atoms with Gasteiger partial charge in [0.05, 0.1) is 0 Å². The molecular formula is C19H29N3O2. The zero-order valence-electron chi connectivity index (χ0n) is 15.6. The highest BCUT2D eigenvalue weighted by atomic mass is 16.3. The minimum Gasteiger partial charge on any atom is -0.396 e. The molecule has 5 heteroatoms. The van der Waals surface area contributed by atoms with Crippen LogP contribution in [0, 0.1) is 37.0 Å². The van der Waals surface area contributed by atoms with Crippen LogP contribution in [-0.2, 0) is 11.3 Å². The van der Waals surface area contributed by atoms with E-state index in [9.17, 15) is 10.1 Å². The molecule has 0 aliphatic carbocycles. The predicted molar refractivity (Wildman–Crippen MR) is 96.2 cm³/mol. The summed E-state index contributed by atoms with van der Waals surface area (Å²) >= 11 is 0. The van der Waals surface area contributed by atoms with E-state index in [1.807, 2.05) is 39.8 Å². The molecule has 0 aromatic carbocycles. The molecule has 0 saturated heterocycles. The van der Waals surface area contributed by atoms with Crippen molar-refractivity contribution >= 4 is 12.0 Å². The van der Waals surface area contributed by atoms with Crippen molar-refractivity contribution in [3.05, 3.63) is 28.6 Å². The Labute approximate surface area is 145 Å². The average Bonchev–Trinajstić information content (AvgIpc) is 2.78. The Balaban J connectivity index is 3.05. The number of aliphatic hydroxyl groups is 1. The lowest BCUT2D eigenvalue weighted by atomic mass is 10.0. The van der Waals surface area contributed by atoms with Crippen LogP contribution in [-0.4, -0.2) is 28.2 Å². The molecule has 0 radical (unpaired) electrons. The van der Waals surface area contributed by atoms with Gasteiger partial charge in [-0.15, -0.1) is 0 Å². The van der Waals surface area contributed by atoms with Crippen LogP contribution >= 0.6 is 0 Å². The summed E-state index contributed by atoms with van der Waals surface area (Å²) in [6, 6.07) is 3.79. The quantitative estimate of drug-likeness (QED) is 0.596. The van der Waals surface area contributed by atoms with E-state index in [1.165, 1.54) is 0 Å². The highest BCUT2D eigenvalue weighted by Crippen LogP contribution is 2.20. The largest absolute Gasteiger partial charge is 0.396 e. The Hall–Kier alpha value is -2.06. The minimum absolute atomic E-state index is 0.0105. The zero-order chi connectivity index (χ0) is 18.4. The summed E-state index contributed by atoms with van der Waals surface area (Å²) in [5, 5.41) is 21.3. The van der Waals surface area contributed by atoms with Crippen molar-refractivity contribution in [2.45, 2.75) is 54.1 Å². The third kappa shape index (κ3) is 4.97. The van der Waals surface area contributed by atoms with Crippen LogP contribution in [0.2, 0.25) is 0 Å². The smallest absolute Gasteiger partial charge is 0.262 e. The first kappa shape index (κ1) is 20.0. The average molecular weight is 331 g/mol. The number of carbonyl (C=O) groups excluding carboxylic acids is 1. The van der Waals surface area contributed by atoms with Gasteiger partial charge in [0.1, 0.15) is 11.6 Å². The van der Waals surface area contributed by atoms with Gasteiger partial charge < -0.3 is 15.0 Å². The lowest BCUT2D eigenvalue weighted by Gasteiger charge is -2.18. The Morgan fingerprint density at radius 1 is 1.38 bits per heavy atom. The van der Waals surface area contributed by atoms with Crippen molar-refractivity contribution < 1.29 is 9.90 Å². The van der Waals surface area contributed by atoms with Crippen molar-refractivity contribution in [2.24, 2.45) is 11.8 Å². The molecule has 0 fully saturated rings. The van der Waals surface area contributed by atoms with Gasteiger partial charge in [0.25, 0.3) is 5.91 Å². The number of nitrogens with one attached hydrogen (secondary N) is 1. The summed E-state index contributed by atoms with van der Waals surface area (Å²) < 4.78 is 2.21. The Bertz CT molecular complexity index is 650. The number of hydrogen-bond donors (Lipinski definition) is 2. The monoisotopic (exact) mass is 331 g/mol. The molecule has 1 aromatic rings. The maximum Gasteiger partial charge on any atom is 0.262 e. The number of nitrogens with zero attached hydrogens (tertiary/aromatic N) is 2. The Morgan fingerprint density at radius 2 is 2.00 bits per heavy atom. The fourth-order valence-electron chi connectivity index (χ4n) is 2.51. The van der Waals surface area contributed by atoms with Crippen LogP contribution in [0.25, 0.3) is 6.08 Å². The standard InChI is InChI=1S/C19H29N3O2/c1-12(2)10-22-14(4)7-17(16(22)6)8-18(9-20)19(24)21-15(5)13(3)11-23/h7-8,12-13,15,23H,10-11H2,1-6H3,(H,21,24)/b18-8-. The van der Waals surface area contributed by atoms with E-state index >= 15 is 0 Å². The first-order chi connectivity index (χ1) is 11.2. The van der Waals surface area contributed by atoms with Gasteiger partial charge in [0.15, 0.2) is 0 Å². The number of nitriles is 1. The van der Waals surface area contributed by atoms with Gasteiger partial charge in [-0.2, -0.15) is 5.26 Å². The van der Waals surface area contributed by atoms with Crippen molar-refractivity contribution in [1.82, 2.24) is 9.88 Å². The van der Waals surface area contributed by atoms with Crippen LogP contribution in [0.4, 0.5) is 0 Å². The minimum atomic E-state index is -0.404. The molecule has 1 amide bonds. The molecule has 0 aliphatic heterocycles. The van der Waals surface area contributed by atoms with E-state index in [2.05, 4.69) is 23.7 Å². The lowest BCUT2D eigenvalue weighted by molar-refractivity contribution is -0.118. The normalized spacial score (nSPS) is 14.4. The van der Waals surface area contributed by atoms with Crippen molar-refractivity contribution in [1.29, 1.82) is 5.26 Å². The predicted octanol–water partition coefficient (Wildman–Crippen LogP) is 2.80. The molecular weight excluding hydrogens is 302 g/mol. The zero-order valence-corrected chi connectivity index (χ0v) is 15.6. The second-order valence-electron chi connectivity index (χ2n) is 6.92. The van der Waals surface area contributed by atoms with Crippen molar-refractivity contribution in [3.8, 4) is 6.07 Å². The van der Waals surface area contributed by atoms with Gasteiger partial charge in [-0.1, -0.05) is 20.8 Å². The van der Waals surface area contributed by atoms with Crippen LogP contribution in [0.3, 0.4) is 0 Å². The van der Waals surface area contributed by atoms with Gasteiger partial charge in [0.2, 0.25) is 0 Å². The Morgan fingerprint density at radius 3 is 2.50 bits per heavy atom. The maximum absolute atomic E-state index is 12.3. The van der Waals surface area contributed by atoms with Gasteiger partial charge in [0, 0.05) is 30.6 Å². The highest BCUT2D eigenvalue weighted by Gasteiger charge is 2.18. The highest BCUT2D eigenvalue weighted by molar-refractivity contribution is 6.02. The van der Waals surface area contributed by atoms with Gasteiger partial charge in [-0.05, 0) is 50.3 Å². The molecule has 0 saturated carbocycles. The van der Waals surface area contributed by atoms with Crippen molar-refractivity contribution in [3.63, 3.8) is 0 Å². The number of aryl methyl sites for hydroxylation is 1. The molecule has 5 nitrogen and oxygen atoms in total. The van der Waals surface area contributed by atoms with E-state index in [1.54, 1.807) is 6.08 Å². The number of amides is 1. The SMILES string of the molecule is Cc1cc(/C=C(/C#N)C(=O)NC(C)C(C)CO)c(C)n1CC(C)C. The second-order valence-corrected chi connectivity index (χ2v) is 6.92. The van der Waals surface area contributed by atoms with Gasteiger partial charge >= 0.3 is 0 Å². The number of aromatic nitrogens is 1. The number of hydrogen-bond acceptors (Lipinski definition) is 3. The second kappa shape index (κ2) is 8.70. The topological polar surface area (TPSA) is 78.1 Å². The molecule has 2 N–H and O–H groups in total. The number of rotatable bonds is 7. The van der Waals surface area contributed by atoms with Gasteiger partial charge in [-0.25, -0.2) is 0 Å².